The standard InChI is InChI=1S/C22H20N4O6/c1-26-18-10-14(23-22(29)30)7-8-19(18)31-12-17(21(26)28)24-20(27)16-11-15(32-25-16)9-13-5-3-2-4-6-13/h2-8,10-11,17,23H,9,12H2,1H3,(H,24,27)(H,29,30). The Kier molecular flexibility index (Phi) is 5.75. The van der Waals surface area contributed by atoms with E-state index >= 15 is 0 Å². The number of hydrogen-bond donors (Lipinski definition) is 3. The van der Waals surface area contributed by atoms with Crippen molar-refractivity contribution in [3.05, 3.63) is 71.6 Å². The van der Waals surface area contributed by atoms with Gasteiger partial charge in [-0.1, -0.05) is 35.5 Å². The molecule has 0 spiro atoms. The molecule has 10 nitrogen and oxygen atoms in total. The van der Waals surface area contributed by atoms with Gasteiger partial charge in [0.25, 0.3) is 11.8 Å². The van der Waals surface area contributed by atoms with Gasteiger partial charge in [-0.05, 0) is 23.8 Å². The number of carbonyl (C=O) groups is 3. The van der Waals surface area contributed by atoms with Crippen molar-refractivity contribution in [2.24, 2.45) is 0 Å². The third kappa shape index (κ3) is 4.53. The number of carboxylic acid groups (broad SMARTS) is 1. The van der Waals surface area contributed by atoms with Crippen molar-refractivity contribution < 1.29 is 28.8 Å². The molecule has 0 radical (unpaired) electrons. The van der Waals surface area contributed by atoms with E-state index < -0.39 is 23.9 Å². The smallest absolute Gasteiger partial charge is 0.409 e. The molecule has 1 unspecified atom stereocenters. The van der Waals surface area contributed by atoms with Crippen molar-refractivity contribution in [3.63, 3.8) is 0 Å². The average molecular weight is 436 g/mol. The van der Waals surface area contributed by atoms with E-state index in [1.165, 1.54) is 30.1 Å². The molecular weight excluding hydrogens is 416 g/mol. The summed E-state index contributed by atoms with van der Waals surface area (Å²) in [6.45, 7) is -0.0949. The van der Waals surface area contributed by atoms with Gasteiger partial charge in [-0.3, -0.25) is 14.9 Å². The molecule has 3 N–H and O–H groups in total. The maximum absolute atomic E-state index is 12.9. The summed E-state index contributed by atoms with van der Waals surface area (Å²) in [4.78, 5) is 37.7. The van der Waals surface area contributed by atoms with Gasteiger partial charge in [-0.15, -0.1) is 0 Å². The van der Waals surface area contributed by atoms with Crippen LogP contribution in [0.25, 0.3) is 0 Å². The molecule has 0 fully saturated rings. The summed E-state index contributed by atoms with van der Waals surface area (Å²) in [6, 6.07) is 14.7. The van der Waals surface area contributed by atoms with Gasteiger partial charge in [0, 0.05) is 25.2 Å². The Bertz CT molecular complexity index is 1160. The van der Waals surface area contributed by atoms with Gasteiger partial charge in [0.2, 0.25) is 0 Å². The third-order valence-electron chi connectivity index (χ3n) is 4.92. The van der Waals surface area contributed by atoms with E-state index in [-0.39, 0.29) is 18.0 Å². The van der Waals surface area contributed by atoms with Crippen molar-refractivity contribution in [2.45, 2.75) is 12.5 Å². The Balaban J connectivity index is 1.45. The van der Waals surface area contributed by atoms with Gasteiger partial charge >= 0.3 is 6.09 Å². The number of likely N-dealkylation sites (N-methyl/N-ethyl adjacent to an activating group) is 1. The molecule has 1 atom stereocenters. The number of rotatable bonds is 5. The van der Waals surface area contributed by atoms with Crippen molar-refractivity contribution in [1.29, 1.82) is 0 Å². The lowest BCUT2D eigenvalue weighted by molar-refractivity contribution is -0.120. The van der Waals surface area contributed by atoms with Crippen molar-refractivity contribution >= 4 is 29.3 Å². The van der Waals surface area contributed by atoms with E-state index in [1.54, 1.807) is 6.07 Å². The molecule has 0 saturated heterocycles. The normalized spacial score (nSPS) is 15.3. The largest absolute Gasteiger partial charge is 0.489 e. The van der Waals surface area contributed by atoms with E-state index in [0.29, 0.717) is 23.6 Å². The first-order chi connectivity index (χ1) is 15.4. The summed E-state index contributed by atoms with van der Waals surface area (Å²) in [5.74, 6) is -0.0759. The molecule has 4 rings (SSSR count). The second-order valence-electron chi connectivity index (χ2n) is 7.19. The molecule has 164 valence electrons. The fourth-order valence-electron chi connectivity index (χ4n) is 3.34. The molecular formula is C22H20N4O6. The summed E-state index contributed by atoms with van der Waals surface area (Å²) >= 11 is 0. The van der Waals surface area contributed by atoms with Gasteiger partial charge in [-0.2, -0.15) is 0 Å². The number of nitrogens with zero attached hydrogens (tertiary/aromatic N) is 2. The zero-order valence-electron chi connectivity index (χ0n) is 17.1. The minimum Gasteiger partial charge on any atom is -0.489 e. The zero-order valence-corrected chi connectivity index (χ0v) is 17.1. The van der Waals surface area contributed by atoms with Crippen molar-refractivity contribution in [1.82, 2.24) is 10.5 Å². The lowest BCUT2D eigenvalue weighted by Crippen LogP contribution is -2.49. The van der Waals surface area contributed by atoms with Gasteiger partial charge < -0.3 is 24.6 Å². The Morgan fingerprint density at radius 1 is 1.19 bits per heavy atom. The number of amides is 3. The molecule has 3 aromatic rings. The van der Waals surface area contributed by atoms with Crippen LogP contribution >= 0.6 is 0 Å². The Hall–Kier alpha value is -4.34. The number of fused-ring (bicyclic) bond motifs is 1. The maximum atomic E-state index is 12.9. The Labute approximate surface area is 182 Å². The maximum Gasteiger partial charge on any atom is 0.409 e. The first-order valence-corrected chi connectivity index (χ1v) is 9.75. The van der Waals surface area contributed by atoms with Crippen LogP contribution in [-0.2, 0) is 11.2 Å². The number of benzene rings is 2. The van der Waals surface area contributed by atoms with Crippen LogP contribution in [0.3, 0.4) is 0 Å². The molecule has 3 amide bonds. The van der Waals surface area contributed by atoms with E-state index in [2.05, 4.69) is 15.8 Å². The first-order valence-electron chi connectivity index (χ1n) is 9.75. The average Bonchev–Trinajstić information content (AvgIpc) is 3.21. The SMILES string of the molecule is CN1C(=O)C(NC(=O)c2cc(Cc3ccccc3)on2)COc2ccc(NC(=O)O)cc21. The molecule has 2 aromatic carbocycles. The van der Waals surface area contributed by atoms with Crippen LogP contribution in [0.5, 0.6) is 5.75 Å². The van der Waals surface area contributed by atoms with E-state index in [1.807, 2.05) is 30.3 Å². The lowest BCUT2D eigenvalue weighted by Gasteiger charge is -2.20. The number of ether oxygens (including phenoxy) is 1. The summed E-state index contributed by atoms with van der Waals surface area (Å²) < 4.78 is 10.9. The number of aromatic nitrogens is 1. The van der Waals surface area contributed by atoms with Gasteiger partial charge in [0.1, 0.15) is 24.2 Å². The highest BCUT2D eigenvalue weighted by atomic mass is 16.5. The van der Waals surface area contributed by atoms with Crippen molar-refractivity contribution in [3.8, 4) is 5.75 Å². The number of hydrogen-bond acceptors (Lipinski definition) is 6. The quantitative estimate of drug-likeness (QED) is 0.559. The highest BCUT2D eigenvalue weighted by Gasteiger charge is 2.31. The molecule has 10 heteroatoms. The number of carbonyl (C=O) groups excluding carboxylic acids is 2. The Morgan fingerprint density at radius 3 is 2.72 bits per heavy atom. The summed E-state index contributed by atoms with van der Waals surface area (Å²) in [5, 5.41) is 17.6. The van der Waals surface area contributed by atoms with Gasteiger partial charge in [0.05, 0.1) is 5.69 Å². The van der Waals surface area contributed by atoms with Crippen LogP contribution in [0, 0.1) is 0 Å². The van der Waals surface area contributed by atoms with E-state index in [9.17, 15) is 14.4 Å². The number of nitrogens with one attached hydrogen (secondary N) is 2. The van der Waals surface area contributed by atoms with Gasteiger partial charge in [-0.25, -0.2) is 4.79 Å². The minimum atomic E-state index is -1.22. The lowest BCUT2D eigenvalue weighted by atomic mass is 10.1. The van der Waals surface area contributed by atoms with Crippen LogP contribution in [0.2, 0.25) is 0 Å². The Morgan fingerprint density at radius 2 is 1.97 bits per heavy atom. The third-order valence-corrected chi connectivity index (χ3v) is 4.92. The summed E-state index contributed by atoms with van der Waals surface area (Å²) in [7, 11) is 1.52. The second kappa shape index (κ2) is 8.80. The van der Waals surface area contributed by atoms with E-state index in [0.717, 1.165) is 5.56 Å². The monoisotopic (exact) mass is 436 g/mol. The van der Waals surface area contributed by atoms with E-state index in [4.69, 9.17) is 14.4 Å². The summed E-state index contributed by atoms with van der Waals surface area (Å²) in [5.41, 5.74) is 1.74. The molecule has 0 saturated carbocycles. The topological polar surface area (TPSA) is 134 Å². The molecule has 1 aliphatic rings. The predicted octanol–water partition coefficient (Wildman–Crippen LogP) is 2.51. The molecule has 1 aromatic heterocycles. The summed E-state index contributed by atoms with van der Waals surface area (Å²) in [6.07, 6.45) is -0.741. The zero-order chi connectivity index (χ0) is 22.7. The van der Waals surface area contributed by atoms with Crippen LogP contribution in [0.1, 0.15) is 21.8 Å². The second-order valence-corrected chi connectivity index (χ2v) is 7.19. The van der Waals surface area contributed by atoms with Gasteiger partial charge in [0.15, 0.2) is 5.69 Å². The molecule has 32 heavy (non-hydrogen) atoms. The van der Waals surface area contributed by atoms with Crippen molar-refractivity contribution in [2.75, 3.05) is 23.9 Å². The van der Waals surface area contributed by atoms with Crippen LogP contribution in [0.15, 0.2) is 59.1 Å². The fraction of sp³-hybridized carbons (Fsp3) is 0.182. The number of anilines is 2. The first kappa shape index (κ1) is 20.9. The minimum absolute atomic E-state index is 0.0566. The van der Waals surface area contributed by atoms with Crippen LogP contribution < -0.4 is 20.3 Å². The highest BCUT2D eigenvalue weighted by molar-refractivity contribution is 6.03. The molecule has 0 bridgehead atoms. The predicted molar refractivity (Wildman–Crippen MR) is 114 cm³/mol. The van der Waals surface area contributed by atoms with Crippen LogP contribution in [0.4, 0.5) is 16.2 Å². The molecule has 0 aliphatic carbocycles. The molecule has 2 heterocycles. The fourth-order valence-corrected chi connectivity index (χ4v) is 3.34. The highest BCUT2D eigenvalue weighted by Crippen LogP contribution is 2.33. The molecule has 1 aliphatic heterocycles. The van der Waals surface area contributed by atoms with Crippen LogP contribution in [-0.4, -0.2) is 47.9 Å².